The van der Waals surface area contributed by atoms with E-state index in [4.69, 9.17) is 4.74 Å². The third kappa shape index (κ3) is 2.93. The molecule has 0 fully saturated rings. The Bertz CT molecular complexity index is 390. The van der Waals surface area contributed by atoms with Gasteiger partial charge >= 0.3 is 0 Å². The molecule has 0 bridgehead atoms. The second-order valence-electron chi connectivity index (χ2n) is 4.43. The van der Waals surface area contributed by atoms with Crippen molar-refractivity contribution in [3.63, 3.8) is 0 Å². The summed E-state index contributed by atoms with van der Waals surface area (Å²) < 4.78 is 6.16. The molecular formula is C15H20OS. The highest BCUT2D eigenvalue weighted by Gasteiger charge is 2.34. The predicted octanol–water partition coefficient (Wildman–Crippen LogP) is 4.59. The van der Waals surface area contributed by atoms with Crippen LogP contribution in [0.15, 0.2) is 46.9 Å². The van der Waals surface area contributed by atoms with Gasteiger partial charge in [0.15, 0.2) is 0 Å². The fraction of sp³-hybridized carbons (Fsp3) is 0.467. The van der Waals surface area contributed by atoms with Gasteiger partial charge in [0.1, 0.15) is 4.93 Å². The Labute approximate surface area is 108 Å². The van der Waals surface area contributed by atoms with Gasteiger partial charge in [-0.25, -0.2) is 0 Å². The monoisotopic (exact) mass is 248 g/mol. The number of hydrogen-bond acceptors (Lipinski definition) is 2. The Hall–Kier alpha value is -0.730. The van der Waals surface area contributed by atoms with Crippen LogP contribution in [0.25, 0.3) is 0 Å². The number of allylic oxidation sites excluding steroid dienone is 5. The molecule has 0 heterocycles. The molecule has 1 nitrogen and oxygen atoms in total. The fourth-order valence-electron chi connectivity index (χ4n) is 2.02. The lowest BCUT2D eigenvalue weighted by atomic mass is 10.0. The molecule has 2 aliphatic rings. The predicted molar refractivity (Wildman–Crippen MR) is 75.9 cm³/mol. The molecule has 0 saturated heterocycles. The zero-order valence-electron chi connectivity index (χ0n) is 10.6. The van der Waals surface area contributed by atoms with Gasteiger partial charge in [0.05, 0.1) is 0 Å². The van der Waals surface area contributed by atoms with E-state index in [-0.39, 0.29) is 4.93 Å². The minimum absolute atomic E-state index is 0.175. The number of hydrogen-bond donors (Lipinski definition) is 0. The van der Waals surface area contributed by atoms with Crippen LogP contribution in [0.4, 0.5) is 0 Å². The maximum atomic E-state index is 6.16. The van der Waals surface area contributed by atoms with Crippen LogP contribution in [0, 0.1) is 0 Å². The Morgan fingerprint density at radius 3 is 2.94 bits per heavy atom. The van der Waals surface area contributed by atoms with E-state index in [1.165, 1.54) is 10.5 Å². The summed E-state index contributed by atoms with van der Waals surface area (Å²) in [5.74, 6) is 0. The highest BCUT2D eigenvalue weighted by atomic mass is 32.2. The van der Waals surface area contributed by atoms with Gasteiger partial charge in [-0.1, -0.05) is 55.1 Å². The minimum Gasteiger partial charge on any atom is -0.360 e. The standard InChI is InChI=1S/C15H20OS/c1-3-12-16-15(11-7-6-8-13(15)2)17-14-9-4-5-10-14/h4,6-10H,3,5,11-12H2,1-2H3. The summed E-state index contributed by atoms with van der Waals surface area (Å²) in [7, 11) is 0. The molecule has 0 saturated carbocycles. The molecule has 0 aromatic heterocycles. The van der Waals surface area contributed by atoms with Crippen molar-refractivity contribution in [2.45, 2.75) is 38.0 Å². The van der Waals surface area contributed by atoms with Gasteiger partial charge in [-0.05, 0) is 25.3 Å². The van der Waals surface area contributed by atoms with Crippen molar-refractivity contribution in [3.8, 4) is 0 Å². The SMILES string of the molecule is CCCOC1(SC2=CCC=C2)CC=CC=C1C. The first kappa shape index (κ1) is 12.7. The number of ether oxygens (including phenoxy) is 1. The van der Waals surface area contributed by atoms with Gasteiger partial charge in [-0.2, -0.15) is 0 Å². The van der Waals surface area contributed by atoms with Gasteiger partial charge in [0.2, 0.25) is 0 Å². The third-order valence-corrected chi connectivity index (χ3v) is 4.50. The number of rotatable bonds is 5. The van der Waals surface area contributed by atoms with E-state index in [2.05, 4.69) is 50.3 Å². The van der Waals surface area contributed by atoms with Crippen LogP contribution in [0.3, 0.4) is 0 Å². The fourth-order valence-corrected chi connectivity index (χ4v) is 3.29. The molecule has 2 aliphatic carbocycles. The minimum atomic E-state index is -0.175. The van der Waals surface area contributed by atoms with Crippen LogP contribution >= 0.6 is 11.8 Å². The molecule has 0 aromatic rings. The molecule has 2 heteroatoms. The van der Waals surface area contributed by atoms with Gasteiger partial charge in [-0.15, -0.1) is 0 Å². The first-order valence-electron chi connectivity index (χ1n) is 6.30. The molecule has 1 unspecified atom stereocenters. The number of thioether (sulfide) groups is 1. The lowest BCUT2D eigenvalue weighted by Crippen LogP contribution is -2.31. The molecule has 0 aliphatic heterocycles. The second-order valence-corrected chi connectivity index (χ2v) is 5.76. The van der Waals surface area contributed by atoms with E-state index < -0.39 is 0 Å². The van der Waals surface area contributed by atoms with Crippen LogP contribution in [0.5, 0.6) is 0 Å². The van der Waals surface area contributed by atoms with E-state index in [0.29, 0.717) is 0 Å². The molecule has 17 heavy (non-hydrogen) atoms. The van der Waals surface area contributed by atoms with Crippen molar-refractivity contribution in [1.82, 2.24) is 0 Å². The Kier molecular flexibility index (Phi) is 4.30. The van der Waals surface area contributed by atoms with Gasteiger partial charge < -0.3 is 4.74 Å². The van der Waals surface area contributed by atoms with E-state index in [1.54, 1.807) is 0 Å². The van der Waals surface area contributed by atoms with Gasteiger partial charge in [-0.3, -0.25) is 0 Å². The summed E-state index contributed by atoms with van der Waals surface area (Å²) in [6, 6.07) is 0. The summed E-state index contributed by atoms with van der Waals surface area (Å²) in [6.07, 6.45) is 16.3. The summed E-state index contributed by atoms with van der Waals surface area (Å²) in [5.41, 5.74) is 1.32. The summed E-state index contributed by atoms with van der Waals surface area (Å²) >= 11 is 1.86. The first-order valence-corrected chi connectivity index (χ1v) is 7.12. The molecule has 1 atom stereocenters. The molecular weight excluding hydrogens is 228 g/mol. The van der Waals surface area contributed by atoms with Gasteiger partial charge in [0.25, 0.3) is 0 Å². The molecule has 2 rings (SSSR count). The van der Waals surface area contributed by atoms with Crippen molar-refractivity contribution in [2.24, 2.45) is 0 Å². The molecule has 92 valence electrons. The lowest BCUT2D eigenvalue weighted by Gasteiger charge is -2.35. The van der Waals surface area contributed by atoms with E-state index >= 15 is 0 Å². The normalized spacial score (nSPS) is 27.2. The van der Waals surface area contributed by atoms with Crippen molar-refractivity contribution >= 4 is 11.8 Å². The first-order chi connectivity index (χ1) is 8.27. The third-order valence-electron chi connectivity index (χ3n) is 3.03. The second kappa shape index (κ2) is 5.74. The van der Waals surface area contributed by atoms with Crippen molar-refractivity contribution in [3.05, 3.63) is 46.9 Å². The lowest BCUT2D eigenvalue weighted by molar-refractivity contribution is 0.0535. The molecule has 0 aromatic carbocycles. The average molecular weight is 248 g/mol. The van der Waals surface area contributed by atoms with Crippen LogP contribution in [0.2, 0.25) is 0 Å². The smallest absolute Gasteiger partial charge is 0.143 e. The highest BCUT2D eigenvalue weighted by Crippen LogP contribution is 2.45. The van der Waals surface area contributed by atoms with Crippen LogP contribution in [-0.2, 0) is 4.74 Å². The summed E-state index contributed by atoms with van der Waals surface area (Å²) in [6.45, 7) is 5.15. The Morgan fingerprint density at radius 1 is 1.41 bits per heavy atom. The van der Waals surface area contributed by atoms with E-state index in [1.807, 2.05) is 11.8 Å². The van der Waals surface area contributed by atoms with Gasteiger partial charge in [0, 0.05) is 17.9 Å². The average Bonchev–Trinajstić information content (AvgIpc) is 2.83. The molecule has 0 radical (unpaired) electrons. The summed E-state index contributed by atoms with van der Waals surface area (Å²) in [5, 5.41) is 0. The Balaban J connectivity index is 2.14. The Morgan fingerprint density at radius 2 is 2.29 bits per heavy atom. The zero-order valence-corrected chi connectivity index (χ0v) is 11.4. The van der Waals surface area contributed by atoms with Crippen molar-refractivity contribution < 1.29 is 4.74 Å². The zero-order chi connectivity index (χ0) is 12.1. The van der Waals surface area contributed by atoms with E-state index in [0.717, 1.165) is 25.9 Å². The molecule has 0 spiro atoms. The van der Waals surface area contributed by atoms with E-state index in [9.17, 15) is 0 Å². The maximum absolute atomic E-state index is 6.16. The van der Waals surface area contributed by atoms with Crippen LogP contribution in [0.1, 0.15) is 33.1 Å². The largest absolute Gasteiger partial charge is 0.360 e. The van der Waals surface area contributed by atoms with Crippen LogP contribution < -0.4 is 0 Å². The highest BCUT2D eigenvalue weighted by molar-refractivity contribution is 8.04. The topological polar surface area (TPSA) is 9.23 Å². The van der Waals surface area contributed by atoms with Crippen molar-refractivity contribution in [2.75, 3.05) is 6.61 Å². The quantitative estimate of drug-likeness (QED) is 0.658. The van der Waals surface area contributed by atoms with Crippen molar-refractivity contribution in [1.29, 1.82) is 0 Å². The molecule has 0 amide bonds. The summed E-state index contributed by atoms with van der Waals surface area (Å²) in [4.78, 5) is 1.16. The maximum Gasteiger partial charge on any atom is 0.143 e. The van der Waals surface area contributed by atoms with Crippen LogP contribution in [-0.4, -0.2) is 11.5 Å². The molecule has 0 N–H and O–H groups in total.